The molecule has 8 heteroatoms. The maximum atomic E-state index is 12.0. The van der Waals surface area contributed by atoms with E-state index in [1.807, 2.05) is 19.3 Å². The second-order valence-electron chi connectivity index (χ2n) is 5.38. The molecular weight excluding hydrogens is 318 g/mol. The maximum absolute atomic E-state index is 12.0. The van der Waals surface area contributed by atoms with E-state index in [2.05, 4.69) is 10.7 Å². The van der Waals surface area contributed by atoms with Crippen molar-refractivity contribution >= 4 is 34.8 Å². The van der Waals surface area contributed by atoms with E-state index < -0.39 is 17.7 Å². The molecular formula is C15H21N3O4S. The van der Waals surface area contributed by atoms with Gasteiger partial charge in [-0.15, -0.1) is 11.3 Å². The summed E-state index contributed by atoms with van der Waals surface area (Å²) in [5, 5.41) is 2.39. The molecule has 0 atom stereocenters. The van der Waals surface area contributed by atoms with Crippen molar-refractivity contribution in [3.63, 3.8) is 0 Å². The molecule has 1 rings (SSSR count). The Hall–Kier alpha value is -2.22. The van der Waals surface area contributed by atoms with Crippen LogP contribution in [0, 0.1) is 13.8 Å². The van der Waals surface area contributed by atoms with Gasteiger partial charge in [0.1, 0.15) is 0 Å². The highest BCUT2D eigenvalue weighted by molar-refractivity contribution is 7.12. The summed E-state index contributed by atoms with van der Waals surface area (Å²) in [7, 11) is 0. The summed E-state index contributed by atoms with van der Waals surface area (Å²) in [6.07, 6.45) is -0.0316. The van der Waals surface area contributed by atoms with Gasteiger partial charge in [0.05, 0.1) is 0 Å². The number of hydrogen-bond acceptors (Lipinski definition) is 5. The number of nitrogens with one attached hydrogen (secondary N) is 3. The fourth-order valence-corrected chi connectivity index (χ4v) is 2.79. The number of carbonyl (C=O) groups is 4. The Bertz CT molecular complexity index is 622. The molecule has 23 heavy (non-hydrogen) atoms. The van der Waals surface area contributed by atoms with Crippen LogP contribution in [-0.4, -0.2) is 29.5 Å². The minimum atomic E-state index is -0.956. The number of amides is 3. The second-order valence-corrected chi connectivity index (χ2v) is 6.84. The Labute approximate surface area is 138 Å². The molecule has 0 spiro atoms. The normalized spacial score (nSPS) is 10.3. The van der Waals surface area contributed by atoms with Crippen LogP contribution in [0.15, 0.2) is 6.07 Å². The Balaban J connectivity index is 2.37. The van der Waals surface area contributed by atoms with Gasteiger partial charge in [0.15, 0.2) is 5.78 Å². The van der Waals surface area contributed by atoms with Gasteiger partial charge in [0.25, 0.3) is 0 Å². The number of carbonyl (C=O) groups excluding carboxylic acids is 4. The molecule has 0 radical (unpaired) electrons. The van der Waals surface area contributed by atoms with Gasteiger partial charge in [0.2, 0.25) is 5.91 Å². The van der Waals surface area contributed by atoms with Gasteiger partial charge in [-0.25, -0.2) is 0 Å². The molecule has 7 nitrogen and oxygen atoms in total. The molecule has 0 bridgehead atoms. The van der Waals surface area contributed by atoms with Gasteiger partial charge in [0, 0.05) is 34.2 Å². The van der Waals surface area contributed by atoms with Crippen molar-refractivity contribution < 1.29 is 19.2 Å². The van der Waals surface area contributed by atoms with E-state index in [1.54, 1.807) is 19.9 Å². The monoisotopic (exact) mass is 339 g/mol. The molecule has 0 fully saturated rings. The standard InChI is InChI=1S/C15H21N3O4S/c1-8(2)16-14(21)15(22)18-17-13(20)6-5-12(19)11-7-9(3)23-10(11)4/h7-8H,5-6H2,1-4H3,(H,16,21)(H,17,20)(H,18,22). The van der Waals surface area contributed by atoms with Crippen molar-refractivity contribution in [1.29, 1.82) is 0 Å². The molecule has 0 aliphatic carbocycles. The SMILES string of the molecule is Cc1cc(C(=O)CCC(=O)NNC(=O)C(=O)NC(C)C)c(C)s1. The van der Waals surface area contributed by atoms with Crippen LogP contribution in [0.5, 0.6) is 0 Å². The number of Topliss-reactive ketones (excluding diaryl/α,β-unsaturated/α-hetero) is 1. The molecule has 0 saturated carbocycles. The predicted octanol–water partition coefficient (Wildman–Crippen LogP) is 1.000. The Morgan fingerprint density at radius 1 is 1.04 bits per heavy atom. The van der Waals surface area contributed by atoms with E-state index in [9.17, 15) is 19.2 Å². The van der Waals surface area contributed by atoms with Crippen LogP contribution in [0.25, 0.3) is 0 Å². The van der Waals surface area contributed by atoms with Crippen molar-refractivity contribution in [2.75, 3.05) is 0 Å². The van der Waals surface area contributed by atoms with Crippen molar-refractivity contribution in [1.82, 2.24) is 16.2 Å². The summed E-state index contributed by atoms with van der Waals surface area (Å²) in [6.45, 7) is 7.20. The van der Waals surface area contributed by atoms with Crippen LogP contribution in [0.2, 0.25) is 0 Å². The van der Waals surface area contributed by atoms with Crippen LogP contribution in [0.3, 0.4) is 0 Å². The van der Waals surface area contributed by atoms with E-state index in [0.29, 0.717) is 5.56 Å². The number of hydrazine groups is 1. The van der Waals surface area contributed by atoms with Crippen LogP contribution < -0.4 is 16.2 Å². The van der Waals surface area contributed by atoms with E-state index >= 15 is 0 Å². The quantitative estimate of drug-likeness (QED) is 0.423. The molecule has 0 saturated heterocycles. The average Bonchev–Trinajstić information content (AvgIpc) is 2.80. The lowest BCUT2D eigenvalue weighted by Crippen LogP contribution is -2.49. The van der Waals surface area contributed by atoms with Gasteiger partial charge in [-0.3, -0.25) is 30.0 Å². The van der Waals surface area contributed by atoms with Crippen LogP contribution in [-0.2, 0) is 14.4 Å². The van der Waals surface area contributed by atoms with E-state index in [0.717, 1.165) is 9.75 Å². The summed E-state index contributed by atoms with van der Waals surface area (Å²) in [6, 6.07) is 1.62. The average molecular weight is 339 g/mol. The molecule has 0 unspecified atom stereocenters. The van der Waals surface area contributed by atoms with Crippen molar-refractivity contribution in [2.45, 2.75) is 46.6 Å². The highest BCUT2D eigenvalue weighted by atomic mass is 32.1. The number of thiophene rings is 1. The summed E-state index contributed by atoms with van der Waals surface area (Å²) in [4.78, 5) is 48.3. The zero-order valence-corrected chi connectivity index (χ0v) is 14.4. The molecule has 3 amide bonds. The van der Waals surface area contributed by atoms with Crippen LogP contribution in [0.1, 0.15) is 46.8 Å². The molecule has 1 heterocycles. The van der Waals surface area contributed by atoms with Gasteiger partial charge in [-0.1, -0.05) is 0 Å². The van der Waals surface area contributed by atoms with Crippen molar-refractivity contribution in [2.24, 2.45) is 0 Å². The lowest BCUT2D eigenvalue weighted by molar-refractivity contribution is -0.141. The Morgan fingerprint density at radius 2 is 1.70 bits per heavy atom. The lowest BCUT2D eigenvalue weighted by atomic mass is 10.1. The molecule has 1 aromatic rings. The smallest absolute Gasteiger partial charge is 0.327 e. The summed E-state index contributed by atoms with van der Waals surface area (Å²) < 4.78 is 0. The highest BCUT2D eigenvalue weighted by Gasteiger charge is 2.16. The molecule has 1 aromatic heterocycles. The van der Waals surface area contributed by atoms with Crippen molar-refractivity contribution in [3.8, 4) is 0 Å². The Morgan fingerprint density at radius 3 is 2.22 bits per heavy atom. The topological polar surface area (TPSA) is 104 Å². The Kier molecular flexibility index (Phi) is 6.89. The fourth-order valence-electron chi connectivity index (χ4n) is 1.84. The van der Waals surface area contributed by atoms with E-state index in [4.69, 9.17) is 0 Å². The molecule has 3 N–H and O–H groups in total. The fraction of sp³-hybridized carbons (Fsp3) is 0.467. The minimum Gasteiger partial charge on any atom is -0.346 e. The number of rotatable bonds is 5. The third kappa shape index (κ3) is 6.19. The third-order valence-corrected chi connectivity index (χ3v) is 3.83. The van der Waals surface area contributed by atoms with E-state index in [-0.39, 0.29) is 24.7 Å². The predicted molar refractivity (Wildman–Crippen MR) is 86.9 cm³/mol. The summed E-state index contributed by atoms with van der Waals surface area (Å²) in [5.41, 5.74) is 4.75. The zero-order chi connectivity index (χ0) is 17.6. The summed E-state index contributed by atoms with van der Waals surface area (Å²) in [5.74, 6) is -2.44. The third-order valence-electron chi connectivity index (χ3n) is 2.86. The largest absolute Gasteiger partial charge is 0.346 e. The highest BCUT2D eigenvalue weighted by Crippen LogP contribution is 2.22. The van der Waals surface area contributed by atoms with Gasteiger partial charge < -0.3 is 5.32 Å². The molecule has 0 aliphatic rings. The van der Waals surface area contributed by atoms with Gasteiger partial charge in [-0.05, 0) is 33.8 Å². The first-order chi connectivity index (χ1) is 10.7. The minimum absolute atomic E-state index is 0.0386. The first-order valence-electron chi connectivity index (χ1n) is 7.20. The van der Waals surface area contributed by atoms with E-state index in [1.165, 1.54) is 11.3 Å². The first kappa shape index (κ1) is 18.8. The number of ketones is 1. The summed E-state index contributed by atoms with van der Waals surface area (Å²) >= 11 is 1.53. The maximum Gasteiger partial charge on any atom is 0.327 e. The lowest BCUT2D eigenvalue weighted by Gasteiger charge is -2.09. The van der Waals surface area contributed by atoms with Gasteiger partial charge >= 0.3 is 11.8 Å². The molecule has 0 aliphatic heterocycles. The van der Waals surface area contributed by atoms with Gasteiger partial charge in [-0.2, -0.15) is 0 Å². The van der Waals surface area contributed by atoms with Crippen LogP contribution in [0.4, 0.5) is 0 Å². The molecule has 0 aromatic carbocycles. The van der Waals surface area contributed by atoms with Crippen LogP contribution >= 0.6 is 11.3 Å². The first-order valence-corrected chi connectivity index (χ1v) is 8.02. The number of aryl methyl sites for hydroxylation is 2. The van der Waals surface area contributed by atoms with Crippen molar-refractivity contribution in [3.05, 3.63) is 21.4 Å². The zero-order valence-electron chi connectivity index (χ0n) is 13.6. The molecule has 126 valence electrons. The second kappa shape index (κ2) is 8.42. The number of hydrogen-bond donors (Lipinski definition) is 3.